The summed E-state index contributed by atoms with van der Waals surface area (Å²) in [5, 5.41) is 0. The molecule has 28 heavy (non-hydrogen) atoms. The van der Waals surface area contributed by atoms with E-state index in [0.717, 1.165) is 31.5 Å². The number of ether oxygens (including phenoxy) is 1. The van der Waals surface area contributed by atoms with Crippen molar-refractivity contribution in [2.75, 3.05) is 0 Å². The molecule has 0 saturated heterocycles. The molecule has 8 nitrogen and oxygen atoms in total. The third-order valence-corrected chi connectivity index (χ3v) is 5.37. The number of aryl methyl sites for hydroxylation is 1. The lowest BCUT2D eigenvalue weighted by Gasteiger charge is -2.19. The SMILES string of the molecule is CCCn1c(=O)c2c(nc(C3CCCC3)n2COC(=O)C(C)(C)C)n(C)c1=O. The third kappa shape index (κ3) is 3.52. The molecule has 1 aliphatic carbocycles. The summed E-state index contributed by atoms with van der Waals surface area (Å²) < 4.78 is 9.91. The molecule has 0 spiro atoms. The second kappa shape index (κ2) is 7.56. The summed E-state index contributed by atoms with van der Waals surface area (Å²) >= 11 is 0. The van der Waals surface area contributed by atoms with Crippen LogP contribution >= 0.6 is 0 Å². The fourth-order valence-electron chi connectivity index (χ4n) is 3.78. The van der Waals surface area contributed by atoms with Crippen LogP contribution in [0.3, 0.4) is 0 Å². The Kier molecular flexibility index (Phi) is 5.50. The van der Waals surface area contributed by atoms with Gasteiger partial charge in [-0.3, -0.25) is 23.3 Å². The Labute approximate surface area is 164 Å². The second-order valence-electron chi connectivity index (χ2n) is 8.66. The van der Waals surface area contributed by atoms with Crippen LogP contribution in [-0.4, -0.2) is 24.7 Å². The number of esters is 1. The first-order valence-corrected chi connectivity index (χ1v) is 10.0. The second-order valence-corrected chi connectivity index (χ2v) is 8.66. The van der Waals surface area contributed by atoms with E-state index in [-0.39, 0.29) is 29.9 Å². The molecule has 1 fully saturated rings. The Balaban J connectivity index is 2.19. The standard InChI is InChI=1S/C20H30N4O4/c1-6-11-23-17(25)14-16(22(5)19(23)27)21-15(13-9-7-8-10-13)24(14)12-28-18(26)20(2,3)4/h13H,6-12H2,1-5H3. The van der Waals surface area contributed by atoms with E-state index in [0.29, 0.717) is 24.1 Å². The molecule has 0 N–H and O–H groups in total. The van der Waals surface area contributed by atoms with Gasteiger partial charge in [-0.2, -0.15) is 0 Å². The van der Waals surface area contributed by atoms with Crippen LogP contribution in [0.1, 0.15) is 71.5 Å². The normalized spacial score (nSPS) is 15.5. The third-order valence-electron chi connectivity index (χ3n) is 5.37. The molecule has 0 aliphatic heterocycles. The van der Waals surface area contributed by atoms with Gasteiger partial charge in [-0.25, -0.2) is 9.78 Å². The molecule has 2 heterocycles. The summed E-state index contributed by atoms with van der Waals surface area (Å²) in [6.45, 7) is 7.55. The van der Waals surface area contributed by atoms with Crippen molar-refractivity contribution in [3.8, 4) is 0 Å². The van der Waals surface area contributed by atoms with E-state index in [4.69, 9.17) is 4.74 Å². The largest absolute Gasteiger partial charge is 0.443 e. The first kappa shape index (κ1) is 20.4. The van der Waals surface area contributed by atoms with E-state index >= 15 is 0 Å². The van der Waals surface area contributed by atoms with E-state index in [1.54, 1.807) is 32.4 Å². The van der Waals surface area contributed by atoms with Crippen molar-refractivity contribution in [3.05, 3.63) is 26.7 Å². The Morgan fingerprint density at radius 3 is 2.39 bits per heavy atom. The van der Waals surface area contributed by atoms with Crippen molar-refractivity contribution in [3.63, 3.8) is 0 Å². The van der Waals surface area contributed by atoms with Gasteiger partial charge in [-0.05, 0) is 40.0 Å². The van der Waals surface area contributed by atoms with Gasteiger partial charge in [0.05, 0.1) is 5.41 Å². The van der Waals surface area contributed by atoms with Crippen LogP contribution in [0.5, 0.6) is 0 Å². The lowest BCUT2D eigenvalue weighted by atomic mass is 9.98. The number of hydrogen-bond acceptors (Lipinski definition) is 5. The van der Waals surface area contributed by atoms with Gasteiger partial charge in [-0.15, -0.1) is 0 Å². The lowest BCUT2D eigenvalue weighted by Crippen LogP contribution is -2.39. The molecule has 1 saturated carbocycles. The number of aromatic nitrogens is 4. The average molecular weight is 390 g/mol. The summed E-state index contributed by atoms with van der Waals surface area (Å²) in [5.74, 6) is 0.593. The van der Waals surface area contributed by atoms with Gasteiger partial charge >= 0.3 is 11.7 Å². The number of nitrogens with zero attached hydrogens (tertiary/aromatic N) is 4. The molecular weight excluding hydrogens is 360 g/mol. The average Bonchev–Trinajstić information content (AvgIpc) is 3.28. The van der Waals surface area contributed by atoms with E-state index in [9.17, 15) is 14.4 Å². The number of rotatable bonds is 5. The highest BCUT2D eigenvalue weighted by molar-refractivity contribution is 5.75. The van der Waals surface area contributed by atoms with Gasteiger partial charge in [0.1, 0.15) is 5.82 Å². The predicted octanol–water partition coefficient (Wildman–Crippen LogP) is 2.51. The van der Waals surface area contributed by atoms with Crippen LogP contribution in [0.25, 0.3) is 11.2 Å². The van der Waals surface area contributed by atoms with E-state index < -0.39 is 5.41 Å². The molecule has 0 atom stereocenters. The zero-order valence-corrected chi connectivity index (χ0v) is 17.4. The minimum absolute atomic E-state index is 0.0714. The Bertz CT molecular complexity index is 1000. The highest BCUT2D eigenvalue weighted by Crippen LogP contribution is 2.34. The van der Waals surface area contributed by atoms with Crippen molar-refractivity contribution >= 4 is 17.1 Å². The van der Waals surface area contributed by atoms with Gasteiger partial charge < -0.3 is 4.74 Å². The predicted molar refractivity (Wildman–Crippen MR) is 106 cm³/mol. The van der Waals surface area contributed by atoms with Crippen molar-refractivity contribution in [2.45, 2.75) is 79.0 Å². The van der Waals surface area contributed by atoms with Crippen LogP contribution in [0.2, 0.25) is 0 Å². The number of imidazole rings is 1. The van der Waals surface area contributed by atoms with Crippen LogP contribution in [0, 0.1) is 5.41 Å². The van der Waals surface area contributed by atoms with E-state index in [2.05, 4.69) is 4.98 Å². The van der Waals surface area contributed by atoms with Gasteiger partial charge in [0.2, 0.25) is 0 Å². The maximum atomic E-state index is 13.1. The molecule has 1 aliphatic rings. The van der Waals surface area contributed by atoms with Crippen molar-refractivity contribution in [1.82, 2.24) is 18.7 Å². The molecule has 2 aromatic rings. The Hall–Kier alpha value is -2.38. The molecule has 0 bridgehead atoms. The lowest BCUT2D eigenvalue weighted by molar-refractivity contribution is -0.156. The quantitative estimate of drug-likeness (QED) is 0.732. The number of carbonyl (C=O) groups excluding carboxylic acids is 1. The number of fused-ring (bicyclic) bond motifs is 1. The van der Waals surface area contributed by atoms with Crippen LogP contribution < -0.4 is 11.2 Å². The Morgan fingerprint density at radius 1 is 1.18 bits per heavy atom. The minimum atomic E-state index is -0.640. The number of hydrogen-bond donors (Lipinski definition) is 0. The zero-order valence-electron chi connectivity index (χ0n) is 17.4. The maximum absolute atomic E-state index is 13.1. The first-order valence-electron chi connectivity index (χ1n) is 10.0. The van der Waals surface area contributed by atoms with E-state index in [1.165, 1.54) is 9.13 Å². The molecule has 0 aromatic carbocycles. The van der Waals surface area contributed by atoms with Crippen molar-refractivity contribution in [2.24, 2.45) is 12.5 Å². The molecule has 0 radical (unpaired) electrons. The minimum Gasteiger partial charge on any atom is -0.443 e. The van der Waals surface area contributed by atoms with Gasteiger partial charge in [0.15, 0.2) is 17.9 Å². The van der Waals surface area contributed by atoms with Crippen LogP contribution in [0.4, 0.5) is 0 Å². The van der Waals surface area contributed by atoms with Gasteiger partial charge in [0.25, 0.3) is 5.56 Å². The highest BCUT2D eigenvalue weighted by atomic mass is 16.5. The zero-order chi connectivity index (χ0) is 20.6. The molecular formula is C20H30N4O4. The summed E-state index contributed by atoms with van der Waals surface area (Å²) in [7, 11) is 1.63. The molecule has 3 rings (SSSR count). The van der Waals surface area contributed by atoms with Crippen LogP contribution in [-0.2, 0) is 29.9 Å². The monoisotopic (exact) mass is 390 g/mol. The summed E-state index contributed by atoms with van der Waals surface area (Å²) in [4.78, 5) is 42.7. The van der Waals surface area contributed by atoms with Gasteiger partial charge in [0, 0.05) is 19.5 Å². The molecule has 154 valence electrons. The molecule has 0 unspecified atom stereocenters. The maximum Gasteiger partial charge on any atom is 0.332 e. The van der Waals surface area contributed by atoms with E-state index in [1.807, 2.05) is 6.92 Å². The summed E-state index contributed by atoms with van der Waals surface area (Å²) in [5.41, 5.74) is -0.688. The van der Waals surface area contributed by atoms with Gasteiger partial charge in [-0.1, -0.05) is 19.8 Å². The molecule has 8 heteroatoms. The Morgan fingerprint density at radius 2 is 1.82 bits per heavy atom. The number of carbonyl (C=O) groups is 1. The summed E-state index contributed by atoms with van der Waals surface area (Å²) in [6, 6.07) is 0. The topological polar surface area (TPSA) is 88.1 Å². The first-order chi connectivity index (χ1) is 13.2. The van der Waals surface area contributed by atoms with Crippen molar-refractivity contribution < 1.29 is 9.53 Å². The highest BCUT2D eigenvalue weighted by Gasteiger charge is 2.29. The molecule has 2 aromatic heterocycles. The summed E-state index contributed by atoms with van der Waals surface area (Å²) in [6.07, 6.45) is 4.84. The van der Waals surface area contributed by atoms with Crippen LogP contribution in [0.15, 0.2) is 9.59 Å². The molecule has 0 amide bonds. The fourth-order valence-corrected chi connectivity index (χ4v) is 3.78. The fraction of sp³-hybridized carbons (Fsp3) is 0.700. The smallest absolute Gasteiger partial charge is 0.332 e. The van der Waals surface area contributed by atoms with Crippen molar-refractivity contribution in [1.29, 1.82) is 0 Å².